The van der Waals surface area contributed by atoms with Gasteiger partial charge in [0, 0.05) is 6.42 Å². The zero-order valence-corrected chi connectivity index (χ0v) is 12.5. The Labute approximate surface area is 129 Å². The molecule has 3 unspecified atom stereocenters. The van der Waals surface area contributed by atoms with Crippen molar-refractivity contribution in [3.63, 3.8) is 0 Å². The molecule has 2 aliphatic carbocycles. The van der Waals surface area contributed by atoms with Crippen molar-refractivity contribution < 1.29 is 14.0 Å². The molecule has 0 spiro atoms. The monoisotopic (exact) mass is 304 g/mol. The number of nitrogens with one attached hydrogen (secondary N) is 2. The number of carbonyl (C=O) groups excluding carboxylic acids is 2. The van der Waals surface area contributed by atoms with Crippen LogP contribution in [0.25, 0.3) is 0 Å². The van der Waals surface area contributed by atoms with Crippen LogP contribution in [0.2, 0.25) is 0 Å². The summed E-state index contributed by atoms with van der Waals surface area (Å²) in [5.41, 5.74) is 5.63. The molecule has 1 aromatic carbocycles. The predicted molar refractivity (Wildman–Crippen MR) is 79.9 cm³/mol. The molecule has 0 heterocycles. The molecular weight excluding hydrogens is 283 g/mol. The van der Waals surface area contributed by atoms with Gasteiger partial charge in [-0.2, -0.15) is 0 Å². The molecule has 2 N–H and O–H groups in total. The average Bonchev–Trinajstić information content (AvgIpc) is 3.10. The molecule has 2 saturated carbocycles. The molecule has 1 aromatic rings. The standard InChI is InChI=1S/C17H21FN2O2/c18-15-5-2-11(3-6-15)9-16(21)19-20-17(22)10-14-8-12-1-4-13(14)7-12/h2-3,5-6,12-14H,1,4,7-10H2,(H,19,21)(H,20,22). The topological polar surface area (TPSA) is 58.2 Å². The summed E-state index contributed by atoms with van der Waals surface area (Å²) in [7, 11) is 0. The zero-order chi connectivity index (χ0) is 15.5. The van der Waals surface area contributed by atoms with Crippen LogP contribution in [-0.4, -0.2) is 11.8 Å². The van der Waals surface area contributed by atoms with Gasteiger partial charge in [-0.15, -0.1) is 0 Å². The fourth-order valence-electron chi connectivity index (χ4n) is 3.89. The van der Waals surface area contributed by atoms with Crippen LogP contribution in [0.3, 0.4) is 0 Å². The molecule has 2 amide bonds. The molecule has 0 radical (unpaired) electrons. The Morgan fingerprint density at radius 3 is 2.41 bits per heavy atom. The smallest absolute Gasteiger partial charge is 0.242 e. The maximum atomic E-state index is 12.8. The van der Waals surface area contributed by atoms with Crippen molar-refractivity contribution in [1.82, 2.24) is 10.9 Å². The van der Waals surface area contributed by atoms with E-state index in [0.29, 0.717) is 23.8 Å². The molecular formula is C17H21FN2O2. The summed E-state index contributed by atoms with van der Waals surface area (Å²) in [5.74, 6) is 1.25. The highest BCUT2D eigenvalue weighted by atomic mass is 19.1. The summed E-state index contributed by atoms with van der Waals surface area (Å²) in [6.45, 7) is 0. The minimum atomic E-state index is -0.330. The maximum Gasteiger partial charge on any atom is 0.242 e. The second-order valence-electron chi connectivity index (χ2n) is 6.54. The van der Waals surface area contributed by atoms with Crippen LogP contribution in [0.15, 0.2) is 24.3 Å². The van der Waals surface area contributed by atoms with Gasteiger partial charge >= 0.3 is 0 Å². The summed E-state index contributed by atoms with van der Waals surface area (Å²) >= 11 is 0. The highest BCUT2D eigenvalue weighted by Gasteiger charge is 2.40. The van der Waals surface area contributed by atoms with Gasteiger partial charge in [-0.1, -0.05) is 18.6 Å². The first kappa shape index (κ1) is 15.0. The van der Waals surface area contributed by atoms with Crippen LogP contribution in [0.1, 0.15) is 37.7 Å². The predicted octanol–water partition coefficient (Wildman–Crippen LogP) is 2.34. The highest BCUT2D eigenvalue weighted by Crippen LogP contribution is 2.49. The second-order valence-corrected chi connectivity index (χ2v) is 6.54. The summed E-state index contributed by atoms with van der Waals surface area (Å²) in [4.78, 5) is 23.6. The molecule has 22 heavy (non-hydrogen) atoms. The van der Waals surface area contributed by atoms with Crippen molar-refractivity contribution in [2.45, 2.75) is 38.5 Å². The van der Waals surface area contributed by atoms with E-state index in [1.807, 2.05) is 0 Å². The van der Waals surface area contributed by atoms with Gasteiger partial charge in [0.15, 0.2) is 0 Å². The van der Waals surface area contributed by atoms with E-state index in [0.717, 1.165) is 12.3 Å². The van der Waals surface area contributed by atoms with Crippen LogP contribution in [0, 0.1) is 23.6 Å². The normalized spacial score (nSPS) is 26.0. The minimum Gasteiger partial charge on any atom is -0.273 e. The SMILES string of the molecule is O=C(Cc1ccc(F)cc1)NNC(=O)CC1CC2CCC1C2. The fourth-order valence-corrected chi connectivity index (χ4v) is 3.89. The van der Waals surface area contributed by atoms with E-state index in [2.05, 4.69) is 10.9 Å². The molecule has 3 atom stereocenters. The Balaban J connectivity index is 1.39. The number of benzene rings is 1. The third-order valence-corrected chi connectivity index (χ3v) is 4.95. The van der Waals surface area contributed by atoms with Crippen molar-refractivity contribution in [2.75, 3.05) is 0 Å². The van der Waals surface area contributed by atoms with Gasteiger partial charge in [0.2, 0.25) is 11.8 Å². The Bertz CT molecular complexity index is 558. The molecule has 0 aromatic heterocycles. The molecule has 2 fully saturated rings. The van der Waals surface area contributed by atoms with Gasteiger partial charge in [0.1, 0.15) is 5.82 Å². The first-order chi connectivity index (χ1) is 10.6. The van der Waals surface area contributed by atoms with Gasteiger partial charge in [-0.05, 0) is 54.7 Å². The van der Waals surface area contributed by atoms with E-state index in [9.17, 15) is 14.0 Å². The summed E-state index contributed by atoms with van der Waals surface area (Å²) in [6, 6.07) is 5.75. The highest BCUT2D eigenvalue weighted by molar-refractivity contribution is 5.83. The molecule has 5 heteroatoms. The molecule has 3 rings (SSSR count). The van der Waals surface area contributed by atoms with E-state index >= 15 is 0 Å². The lowest BCUT2D eigenvalue weighted by Crippen LogP contribution is -2.43. The van der Waals surface area contributed by atoms with Crippen molar-refractivity contribution in [2.24, 2.45) is 17.8 Å². The molecule has 118 valence electrons. The molecule has 4 nitrogen and oxygen atoms in total. The maximum absolute atomic E-state index is 12.8. The number of hydrogen-bond acceptors (Lipinski definition) is 2. The Morgan fingerprint density at radius 2 is 1.77 bits per heavy atom. The van der Waals surface area contributed by atoms with E-state index in [4.69, 9.17) is 0 Å². The Morgan fingerprint density at radius 1 is 1.05 bits per heavy atom. The lowest BCUT2D eigenvalue weighted by atomic mass is 9.86. The van der Waals surface area contributed by atoms with Gasteiger partial charge < -0.3 is 0 Å². The lowest BCUT2D eigenvalue weighted by Gasteiger charge is -2.20. The van der Waals surface area contributed by atoms with E-state index in [1.165, 1.54) is 31.4 Å². The molecule has 0 saturated heterocycles. The number of halogens is 1. The summed E-state index contributed by atoms with van der Waals surface area (Å²) < 4.78 is 12.8. The van der Waals surface area contributed by atoms with Gasteiger partial charge in [-0.3, -0.25) is 20.4 Å². The fraction of sp³-hybridized carbons (Fsp3) is 0.529. The quantitative estimate of drug-likeness (QED) is 0.839. The van der Waals surface area contributed by atoms with Crippen LogP contribution in [-0.2, 0) is 16.0 Å². The van der Waals surface area contributed by atoms with E-state index < -0.39 is 0 Å². The van der Waals surface area contributed by atoms with Crippen LogP contribution in [0.5, 0.6) is 0 Å². The van der Waals surface area contributed by atoms with Crippen molar-refractivity contribution in [3.8, 4) is 0 Å². The summed E-state index contributed by atoms with van der Waals surface area (Å²) in [5, 5.41) is 0. The first-order valence-corrected chi connectivity index (χ1v) is 7.92. The summed E-state index contributed by atoms with van der Waals surface area (Å²) in [6.07, 6.45) is 5.61. The Hall–Kier alpha value is -1.91. The zero-order valence-electron chi connectivity index (χ0n) is 12.5. The van der Waals surface area contributed by atoms with Gasteiger partial charge in [0.05, 0.1) is 6.42 Å². The van der Waals surface area contributed by atoms with Crippen molar-refractivity contribution in [1.29, 1.82) is 0 Å². The number of hydrazine groups is 1. The van der Waals surface area contributed by atoms with Crippen LogP contribution in [0.4, 0.5) is 4.39 Å². The first-order valence-electron chi connectivity index (χ1n) is 7.92. The van der Waals surface area contributed by atoms with Crippen LogP contribution < -0.4 is 10.9 Å². The molecule has 0 aliphatic heterocycles. The second kappa shape index (κ2) is 6.46. The molecule has 2 aliphatic rings. The van der Waals surface area contributed by atoms with Crippen molar-refractivity contribution in [3.05, 3.63) is 35.6 Å². The number of rotatable bonds is 4. The Kier molecular flexibility index (Phi) is 4.41. The van der Waals surface area contributed by atoms with Crippen LogP contribution >= 0.6 is 0 Å². The lowest BCUT2D eigenvalue weighted by molar-refractivity contribution is -0.129. The van der Waals surface area contributed by atoms with Gasteiger partial charge in [-0.25, -0.2) is 4.39 Å². The minimum absolute atomic E-state index is 0.120. The number of amides is 2. The average molecular weight is 304 g/mol. The third kappa shape index (κ3) is 3.64. The van der Waals surface area contributed by atoms with Crippen molar-refractivity contribution >= 4 is 11.8 Å². The van der Waals surface area contributed by atoms with Gasteiger partial charge in [0.25, 0.3) is 0 Å². The van der Waals surface area contributed by atoms with E-state index in [-0.39, 0.29) is 24.1 Å². The largest absolute Gasteiger partial charge is 0.273 e. The van der Waals surface area contributed by atoms with E-state index in [1.54, 1.807) is 12.1 Å². The number of fused-ring (bicyclic) bond motifs is 2. The molecule has 2 bridgehead atoms. The number of carbonyl (C=O) groups is 2. The number of hydrogen-bond donors (Lipinski definition) is 2. The third-order valence-electron chi connectivity index (χ3n) is 4.95.